The quantitative estimate of drug-likeness (QED) is 0.788. The van der Waals surface area contributed by atoms with Gasteiger partial charge >= 0.3 is 0 Å². The number of nitrogens with zero attached hydrogens (tertiary/aromatic N) is 1. The average molecular weight is 276 g/mol. The minimum atomic E-state index is 0.536. The molecule has 0 saturated carbocycles. The molecule has 0 saturated heterocycles. The van der Waals surface area contributed by atoms with Crippen LogP contribution in [0.1, 0.15) is 19.0 Å². The largest absolute Gasteiger partial charge is 0.497 e. The van der Waals surface area contributed by atoms with Crippen LogP contribution in [-0.2, 0) is 6.54 Å². The van der Waals surface area contributed by atoms with Crippen molar-refractivity contribution >= 4 is 0 Å². The third kappa shape index (κ3) is 3.30. The van der Waals surface area contributed by atoms with Crippen molar-refractivity contribution in [3.63, 3.8) is 0 Å². The minimum absolute atomic E-state index is 0.536. The topological polar surface area (TPSA) is 56.5 Å². The zero-order valence-electron chi connectivity index (χ0n) is 12.1. The van der Waals surface area contributed by atoms with Gasteiger partial charge in [0.1, 0.15) is 17.8 Å². The molecule has 0 fully saturated rings. The lowest BCUT2D eigenvalue weighted by molar-refractivity contribution is 0.403. The number of benzene rings is 1. The maximum Gasteiger partial charge on any atom is 0.230 e. The SMILES string of the molecule is CCCNCc1coc(-c2cc(OC)ccc2OC)n1. The maximum absolute atomic E-state index is 5.54. The molecular weight excluding hydrogens is 256 g/mol. The van der Waals surface area contributed by atoms with Crippen LogP contribution in [0.3, 0.4) is 0 Å². The summed E-state index contributed by atoms with van der Waals surface area (Å²) in [4.78, 5) is 4.47. The molecule has 0 aliphatic carbocycles. The molecule has 1 aromatic carbocycles. The Kier molecular flexibility index (Phi) is 5.01. The van der Waals surface area contributed by atoms with Crippen LogP contribution in [0.4, 0.5) is 0 Å². The van der Waals surface area contributed by atoms with Crippen LogP contribution in [0.15, 0.2) is 28.9 Å². The number of hydrogen-bond acceptors (Lipinski definition) is 5. The van der Waals surface area contributed by atoms with E-state index < -0.39 is 0 Å². The van der Waals surface area contributed by atoms with Crippen molar-refractivity contribution in [2.24, 2.45) is 0 Å². The molecule has 0 aliphatic rings. The van der Waals surface area contributed by atoms with Crippen LogP contribution in [-0.4, -0.2) is 25.7 Å². The molecule has 0 atom stereocenters. The van der Waals surface area contributed by atoms with Gasteiger partial charge in [-0.05, 0) is 31.2 Å². The third-order valence-electron chi connectivity index (χ3n) is 2.92. The first-order valence-corrected chi connectivity index (χ1v) is 6.66. The number of oxazole rings is 1. The van der Waals surface area contributed by atoms with Gasteiger partial charge in [0, 0.05) is 6.54 Å². The van der Waals surface area contributed by atoms with Gasteiger partial charge in [-0.1, -0.05) is 6.92 Å². The molecule has 5 heteroatoms. The summed E-state index contributed by atoms with van der Waals surface area (Å²) in [5.41, 5.74) is 1.66. The molecule has 2 rings (SSSR count). The van der Waals surface area contributed by atoms with Crippen molar-refractivity contribution in [2.75, 3.05) is 20.8 Å². The number of hydrogen-bond donors (Lipinski definition) is 1. The minimum Gasteiger partial charge on any atom is -0.497 e. The zero-order chi connectivity index (χ0) is 14.4. The Morgan fingerprint density at radius 3 is 2.80 bits per heavy atom. The highest BCUT2D eigenvalue weighted by Crippen LogP contribution is 2.32. The summed E-state index contributed by atoms with van der Waals surface area (Å²) in [5, 5.41) is 3.29. The summed E-state index contributed by atoms with van der Waals surface area (Å²) >= 11 is 0. The molecule has 0 aliphatic heterocycles. The predicted molar refractivity (Wildman–Crippen MR) is 77.0 cm³/mol. The molecule has 0 bridgehead atoms. The lowest BCUT2D eigenvalue weighted by atomic mass is 10.2. The van der Waals surface area contributed by atoms with Gasteiger partial charge in [0.05, 0.1) is 25.5 Å². The Hall–Kier alpha value is -2.01. The van der Waals surface area contributed by atoms with Crippen LogP contribution in [0.5, 0.6) is 11.5 Å². The highest BCUT2D eigenvalue weighted by Gasteiger charge is 2.13. The van der Waals surface area contributed by atoms with E-state index >= 15 is 0 Å². The first-order chi connectivity index (χ1) is 9.78. The summed E-state index contributed by atoms with van der Waals surface area (Å²) in [6, 6.07) is 5.54. The molecule has 5 nitrogen and oxygen atoms in total. The second-order valence-corrected chi connectivity index (χ2v) is 4.39. The molecule has 0 amide bonds. The van der Waals surface area contributed by atoms with Gasteiger partial charge < -0.3 is 19.2 Å². The Morgan fingerprint density at radius 2 is 2.10 bits per heavy atom. The molecule has 1 aromatic heterocycles. The lowest BCUT2D eigenvalue weighted by Gasteiger charge is -2.07. The summed E-state index contributed by atoms with van der Waals surface area (Å²) in [6.45, 7) is 3.79. The monoisotopic (exact) mass is 276 g/mol. The Labute approximate surface area is 118 Å². The standard InChI is InChI=1S/C15H20N2O3/c1-4-7-16-9-11-10-20-15(17-11)13-8-12(18-2)5-6-14(13)19-3/h5-6,8,10,16H,4,7,9H2,1-3H3. The Balaban J connectivity index is 2.22. The smallest absolute Gasteiger partial charge is 0.230 e. The molecule has 0 radical (unpaired) electrons. The van der Waals surface area contributed by atoms with E-state index in [0.29, 0.717) is 18.2 Å². The Bertz CT molecular complexity index is 552. The van der Waals surface area contributed by atoms with Gasteiger partial charge in [-0.15, -0.1) is 0 Å². The van der Waals surface area contributed by atoms with Crippen molar-refractivity contribution in [1.29, 1.82) is 0 Å². The summed E-state index contributed by atoms with van der Waals surface area (Å²) in [5.74, 6) is 1.99. The lowest BCUT2D eigenvalue weighted by Crippen LogP contribution is -2.13. The van der Waals surface area contributed by atoms with Crippen LogP contribution in [0, 0.1) is 0 Å². The predicted octanol–water partition coefficient (Wildman–Crippen LogP) is 2.86. The normalized spacial score (nSPS) is 10.6. The van der Waals surface area contributed by atoms with Gasteiger partial charge in [0.15, 0.2) is 0 Å². The van der Waals surface area contributed by atoms with Crippen molar-refractivity contribution in [3.05, 3.63) is 30.2 Å². The first kappa shape index (κ1) is 14.4. The van der Waals surface area contributed by atoms with Crippen molar-refractivity contribution in [2.45, 2.75) is 19.9 Å². The van der Waals surface area contributed by atoms with Gasteiger partial charge in [-0.3, -0.25) is 0 Å². The van der Waals surface area contributed by atoms with Crippen LogP contribution in [0.25, 0.3) is 11.5 Å². The molecule has 1 N–H and O–H groups in total. The van der Waals surface area contributed by atoms with E-state index in [1.165, 1.54) is 0 Å². The highest BCUT2D eigenvalue weighted by atomic mass is 16.5. The molecule has 0 spiro atoms. The fraction of sp³-hybridized carbons (Fsp3) is 0.400. The fourth-order valence-electron chi connectivity index (χ4n) is 1.89. The number of aromatic nitrogens is 1. The first-order valence-electron chi connectivity index (χ1n) is 6.66. The summed E-state index contributed by atoms with van der Waals surface area (Å²) in [7, 11) is 3.25. The number of rotatable bonds is 7. The van der Waals surface area contributed by atoms with Crippen molar-refractivity contribution in [1.82, 2.24) is 10.3 Å². The zero-order valence-corrected chi connectivity index (χ0v) is 12.1. The van der Waals surface area contributed by atoms with Crippen molar-refractivity contribution < 1.29 is 13.9 Å². The summed E-state index contributed by atoms with van der Waals surface area (Å²) < 4.78 is 16.1. The maximum atomic E-state index is 5.54. The van der Waals surface area contributed by atoms with Crippen LogP contribution >= 0.6 is 0 Å². The van der Waals surface area contributed by atoms with Gasteiger partial charge in [0.25, 0.3) is 0 Å². The van der Waals surface area contributed by atoms with Gasteiger partial charge in [0.2, 0.25) is 5.89 Å². The molecule has 1 heterocycles. The van der Waals surface area contributed by atoms with Crippen LogP contribution < -0.4 is 14.8 Å². The average Bonchev–Trinajstić information content (AvgIpc) is 2.95. The van der Waals surface area contributed by atoms with E-state index in [1.807, 2.05) is 18.2 Å². The van der Waals surface area contributed by atoms with E-state index in [0.717, 1.165) is 30.0 Å². The molecule has 20 heavy (non-hydrogen) atoms. The number of ether oxygens (including phenoxy) is 2. The highest BCUT2D eigenvalue weighted by molar-refractivity contribution is 5.65. The molecule has 108 valence electrons. The Morgan fingerprint density at radius 1 is 1.25 bits per heavy atom. The van der Waals surface area contributed by atoms with Gasteiger partial charge in [-0.2, -0.15) is 0 Å². The second-order valence-electron chi connectivity index (χ2n) is 4.39. The second kappa shape index (κ2) is 6.96. The van der Waals surface area contributed by atoms with Gasteiger partial charge in [-0.25, -0.2) is 4.98 Å². The number of methoxy groups -OCH3 is 2. The molecule has 2 aromatic rings. The molecule has 0 unspecified atom stereocenters. The third-order valence-corrected chi connectivity index (χ3v) is 2.92. The summed E-state index contributed by atoms with van der Waals surface area (Å²) in [6.07, 6.45) is 2.76. The van der Waals surface area contributed by atoms with E-state index in [4.69, 9.17) is 13.9 Å². The fourth-order valence-corrected chi connectivity index (χ4v) is 1.89. The van der Waals surface area contributed by atoms with Crippen LogP contribution in [0.2, 0.25) is 0 Å². The van der Waals surface area contributed by atoms with E-state index in [1.54, 1.807) is 20.5 Å². The van der Waals surface area contributed by atoms with E-state index in [2.05, 4.69) is 17.2 Å². The van der Waals surface area contributed by atoms with E-state index in [-0.39, 0.29) is 0 Å². The number of nitrogens with one attached hydrogen (secondary N) is 1. The molecular formula is C15H20N2O3. The van der Waals surface area contributed by atoms with E-state index in [9.17, 15) is 0 Å². The van der Waals surface area contributed by atoms with Crippen molar-refractivity contribution in [3.8, 4) is 23.0 Å².